The predicted octanol–water partition coefficient (Wildman–Crippen LogP) is 5.07. The van der Waals surface area contributed by atoms with Crippen LogP contribution in [-0.2, 0) is 16.2 Å². The van der Waals surface area contributed by atoms with E-state index >= 15 is 0 Å². The van der Waals surface area contributed by atoms with E-state index in [1.165, 1.54) is 0 Å². The SMILES string of the molecule is CS(C)(C)CCOCn1nc(-c2coc3ccccc23)c2cc(N3CCOC3=O)ccc21. The van der Waals surface area contributed by atoms with Crippen LogP contribution in [0.1, 0.15) is 0 Å². The highest BCUT2D eigenvalue weighted by atomic mass is 32.3. The second-order valence-electron chi connectivity index (χ2n) is 8.79. The van der Waals surface area contributed by atoms with Crippen LogP contribution in [0.4, 0.5) is 10.5 Å². The molecular formula is C24H27N3O4S. The molecule has 5 rings (SSSR count). The van der Waals surface area contributed by atoms with Gasteiger partial charge in [0.2, 0.25) is 0 Å². The summed E-state index contributed by atoms with van der Waals surface area (Å²) in [5.74, 6) is 1.05. The Morgan fingerprint density at radius 2 is 1.97 bits per heavy atom. The Kier molecular flexibility index (Phi) is 5.35. The fraction of sp³-hybridized carbons (Fsp3) is 0.333. The van der Waals surface area contributed by atoms with Crippen LogP contribution in [0.15, 0.2) is 53.1 Å². The highest BCUT2D eigenvalue weighted by Crippen LogP contribution is 2.37. The maximum absolute atomic E-state index is 12.1. The van der Waals surface area contributed by atoms with Crippen molar-refractivity contribution in [2.24, 2.45) is 0 Å². The first-order valence-electron chi connectivity index (χ1n) is 10.6. The number of fused-ring (bicyclic) bond motifs is 2. The van der Waals surface area contributed by atoms with E-state index in [9.17, 15) is 4.79 Å². The van der Waals surface area contributed by atoms with Gasteiger partial charge in [0.25, 0.3) is 0 Å². The van der Waals surface area contributed by atoms with E-state index in [4.69, 9.17) is 19.0 Å². The van der Waals surface area contributed by atoms with E-state index in [1.807, 2.05) is 47.1 Å². The van der Waals surface area contributed by atoms with Gasteiger partial charge in [0.1, 0.15) is 30.9 Å². The number of amides is 1. The molecule has 1 saturated heterocycles. The zero-order chi connectivity index (χ0) is 22.3. The predicted molar refractivity (Wildman–Crippen MR) is 130 cm³/mol. The van der Waals surface area contributed by atoms with Gasteiger partial charge in [0.15, 0.2) is 0 Å². The summed E-state index contributed by atoms with van der Waals surface area (Å²) in [5, 5.41) is 6.85. The molecule has 2 aromatic heterocycles. The number of carbonyl (C=O) groups is 1. The van der Waals surface area contributed by atoms with E-state index in [1.54, 1.807) is 11.2 Å². The molecule has 32 heavy (non-hydrogen) atoms. The Bertz CT molecular complexity index is 1290. The van der Waals surface area contributed by atoms with Gasteiger partial charge in [0.05, 0.1) is 18.7 Å². The zero-order valence-corrected chi connectivity index (χ0v) is 19.4. The van der Waals surface area contributed by atoms with Crippen LogP contribution in [0.25, 0.3) is 33.1 Å². The van der Waals surface area contributed by atoms with Crippen LogP contribution in [0.5, 0.6) is 0 Å². The summed E-state index contributed by atoms with van der Waals surface area (Å²) in [7, 11) is -0.612. The van der Waals surface area contributed by atoms with Crippen LogP contribution < -0.4 is 4.90 Å². The summed E-state index contributed by atoms with van der Waals surface area (Å²) in [6, 6.07) is 13.8. The monoisotopic (exact) mass is 453 g/mol. The molecule has 1 amide bonds. The normalized spacial score (nSPS) is 15.1. The van der Waals surface area contributed by atoms with Gasteiger partial charge in [-0.05, 0) is 43.0 Å². The van der Waals surface area contributed by atoms with Crippen molar-refractivity contribution in [2.75, 3.05) is 49.2 Å². The van der Waals surface area contributed by atoms with Crippen molar-refractivity contribution < 1.29 is 18.7 Å². The molecule has 0 spiro atoms. The van der Waals surface area contributed by atoms with Crippen molar-refractivity contribution in [1.82, 2.24) is 9.78 Å². The Morgan fingerprint density at radius 1 is 1.12 bits per heavy atom. The van der Waals surface area contributed by atoms with Crippen molar-refractivity contribution in [1.29, 1.82) is 0 Å². The number of cyclic esters (lactones) is 1. The number of carbonyl (C=O) groups excluding carboxylic acids is 1. The summed E-state index contributed by atoms with van der Waals surface area (Å²) in [6.07, 6.45) is 8.28. The van der Waals surface area contributed by atoms with E-state index in [0.29, 0.717) is 26.5 Å². The summed E-state index contributed by atoms with van der Waals surface area (Å²) >= 11 is 0. The van der Waals surface area contributed by atoms with Crippen molar-refractivity contribution >= 4 is 43.7 Å². The third-order valence-electron chi connectivity index (χ3n) is 5.60. The van der Waals surface area contributed by atoms with Gasteiger partial charge >= 0.3 is 6.09 Å². The first kappa shape index (κ1) is 20.9. The fourth-order valence-electron chi connectivity index (χ4n) is 3.88. The molecule has 0 saturated carbocycles. The van der Waals surface area contributed by atoms with Gasteiger partial charge in [-0.1, -0.05) is 18.2 Å². The molecule has 8 heteroatoms. The molecule has 2 aromatic carbocycles. The van der Waals surface area contributed by atoms with E-state index in [-0.39, 0.29) is 6.09 Å². The maximum Gasteiger partial charge on any atom is 0.414 e. The number of hydrogen-bond acceptors (Lipinski definition) is 5. The van der Waals surface area contributed by atoms with Gasteiger partial charge in [-0.25, -0.2) is 19.5 Å². The summed E-state index contributed by atoms with van der Waals surface area (Å²) in [4.78, 5) is 13.8. The molecule has 4 aromatic rings. The number of benzene rings is 2. The topological polar surface area (TPSA) is 69.7 Å². The second-order valence-corrected chi connectivity index (χ2v) is 13.4. The lowest BCUT2D eigenvalue weighted by molar-refractivity contribution is 0.0842. The number of para-hydroxylation sites is 1. The van der Waals surface area contributed by atoms with Crippen LogP contribution in [0, 0.1) is 0 Å². The first-order valence-corrected chi connectivity index (χ1v) is 13.6. The van der Waals surface area contributed by atoms with Gasteiger partial charge < -0.3 is 13.9 Å². The second kappa shape index (κ2) is 8.18. The Labute approximate surface area is 188 Å². The van der Waals surface area contributed by atoms with Gasteiger partial charge in [-0.15, -0.1) is 0 Å². The molecule has 7 nitrogen and oxygen atoms in total. The first-order chi connectivity index (χ1) is 15.4. The molecule has 0 bridgehead atoms. The molecular weight excluding hydrogens is 426 g/mol. The zero-order valence-electron chi connectivity index (χ0n) is 18.5. The number of nitrogens with zero attached hydrogens (tertiary/aromatic N) is 3. The minimum Gasteiger partial charge on any atom is -0.464 e. The number of rotatable bonds is 7. The van der Waals surface area contributed by atoms with Crippen LogP contribution in [0.3, 0.4) is 0 Å². The smallest absolute Gasteiger partial charge is 0.414 e. The minimum atomic E-state index is -0.612. The third kappa shape index (κ3) is 3.96. The number of hydrogen-bond donors (Lipinski definition) is 0. The molecule has 0 atom stereocenters. The Morgan fingerprint density at radius 3 is 2.75 bits per heavy atom. The minimum absolute atomic E-state index is 0.319. The molecule has 0 aliphatic carbocycles. The summed E-state index contributed by atoms with van der Waals surface area (Å²) in [5.41, 5.74) is 4.29. The fourth-order valence-corrected chi connectivity index (χ4v) is 4.50. The molecule has 3 heterocycles. The molecule has 0 N–H and O–H groups in total. The average Bonchev–Trinajstić information content (AvgIpc) is 3.47. The van der Waals surface area contributed by atoms with Crippen LogP contribution >= 0.6 is 10.0 Å². The average molecular weight is 454 g/mol. The van der Waals surface area contributed by atoms with Crippen molar-refractivity contribution in [2.45, 2.75) is 6.73 Å². The Hall–Kier alpha value is -2.97. The lowest BCUT2D eigenvalue weighted by Crippen LogP contribution is -2.23. The van der Waals surface area contributed by atoms with Crippen LogP contribution in [0.2, 0.25) is 0 Å². The number of furan rings is 1. The standard InChI is InChI=1S/C24H27N3O4S/c1-32(2,3)13-12-29-16-27-21-9-8-17(26-10-11-30-24(26)28)14-19(21)23(25-27)20-15-31-22-7-5-4-6-18(20)22/h4-9,14-15H,10-13,16H2,1-3H3. The molecule has 1 aliphatic heterocycles. The van der Waals surface area contributed by atoms with Crippen molar-refractivity contribution in [3.05, 3.63) is 48.7 Å². The van der Waals surface area contributed by atoms with E-state index < -0.39 is 10.0 Å². The highest BCUT2D eigenvalue weighted by molar-refractivity contribution is 8.32. The summed E-state index contributed by atoms with van der Waals surface area (Å²) < 4.78 is 18.8. The van der Waals surface area contributed by atoms with Crippen LogP contribution in [-0.4, -0.2) is 60.2 Å². The lowest BCUT2D eigenvalue weighted by Gasteiger charge is -2.24. The van der Waals surface area contributed by atoms with Gasteiger partial charge in [-0.3, -0.25) is 4.90 Å². The molecule has 1 aliphatic rings. The molecule has 168 valence electrons. The number of ether oxygens (including phenoxy) is 2. The summed E-state index contributed by atoms with van der Waals surface area (Å²) in [6.45, 7) is 2.01. The highest BCUT2D eigenvalue weighted by Gasteiger charge is 2.25. The number of aromatic nitrogens is 2. The molecule has 0 unspecified atom stereocenters. The molecule has 0 radical (unpaired) electrons. The largest absolute Gasteiger partial charge is 0.464 e. The van der Waals surface area contributed by atoms with Crippen molar-refractivity contribution in [3.8, 4) is 11.3 Å². The maximum atomic E-state index is 12.1. The van der Waals surface area contributed by atoms with Gasteiger partial charge in [0, 0.05) is 27.8 Å². The Balaban J connectivity index is 1.56. The molecule has 1 fully saturated rings. The van der Waals surface area contributed by atoms with E-state index in [2.05, 4.69) is 18.8 Å². The van der Waals surface area contributed by atoms with Crippen molar-refractivity contribution in [3.63, 3.8) is 0 Å². The quantitative estimate of drug-likeness (QED) is 0.365. The van der Waals surface area contributed by atoms with E-state index in [0.717, 1.165) is 44.6 Å². The third-order valence-corrected chi connectivity index (χ3v) is 6.99. The lowest BCUT2D eigenvalue weighted by atomic mass is 10.1. The van der Waals surface area contributed by atoms with Gasteiger partial charge in [-0.2, -0.15) is 5.10 Å². The number of anilines is 1.